The minimum Gasteiger partial charge on any atom is -0.323 e. The van der Waals surface area contributed by atoms with Crippen molar-refractivity contribution < 1.29 is 14.4 Å². The van der Waals surface area contributed by atoms with E-state index in [1.807, 2.05) is 0 Å². The van der Waals surface area contributed by atoms with Gasteiger partial charge in [0.15, 0.2) is 0 Å². The van der Waals surface area contributed by atoms with Gasteiger partial charge in [0.25, 0.3) is 0 Å². The Bertz CT molecular complexity index is 612. The van der Waals surface area contributed by atoms with Gasteiger partial charge in [-0.05, 0) is 38.8 Å². The maximum atomic E-state index is 13.6. The van der Waals surface area contributed by atoms with Gasteiger partial charge in [0.1, 0.15) is 5.28 Å². The Morgan fingerprint density at radius 2 is 0.587 bits per heavy atom. The van der Waals surface area contributed by atoms with Crippen molar-refractivity contribution in [1.82, 2.24) is 4.90 Å². The van der Waals surface area contributed by atoms with Crippen LogP contribution in [0.5, 0.6) is 0 Å². The van der Waals surface area contributed by atoms with E-state index in [0.717, 1.165) is 51.6 Å². The average Bonchev–Trinajstić information content (AvgIpc) is 3.03. The molecule has 4 nitrogen and oxygen atoms in total. The van der Waals surface area contributed by atoms with E-state index in [9.17, 15) is 14.4 Å². The van der Waals surface area contributed by atoms with E-state index in [4.69, 9.17) is 0 Å². The van der Waals surface area contributed by atoms with E-state index < -0.39 is 12.9 Å². The van der Waals surface area contributed by atoms with E-state index in [1.54, 1.807) is 0 Å². The molecular weight excluding hydrogens is 585 g/mol. The summed E-state index contributed by atoms with van der Waals surface area (Å²) in [7, 11) is -4.32. The third-order valence-corrected chi connectivity index (χ3v) is 12.4. The lowest BCUT2D eigenvalue weighted by atomic mass is 9.96. The summed E-state index contributed by atoms with van der Waals surface area (Å²) in [5.41, 5.74) is 0. The van der Waals surface area contributed by atoms with Crippen molar-refractivity contribution in [2.24, 2.45) is 0 Å². The first-order valence-corrected chi connectivity index (χ1v) is 22.8. The standard InChI is InChI=1S/C41H86NO3P/c1-5-9-13-17-21-23-25-27-31-35-39-42(40-36-32-28-26-24-22-18-14-10-6-2)41(46(43,44)45,37-33-29-19-15-11-7-3)38-34-30-20-16-12-8-4/h5-40H2,1-4H3,(H2,43,44,45). The van der Waals surface area contributed by atoms with Gasteiger partial charge in [-0.2, -0.15) is 0 Å². The molecule has 0 aliphatic heterocycles. The lowest BCUT2D eigenvalue weighted by molar-refractivity contribution is 0.0992. The van der Waals surface area contributed by atoms with Gasteiger partial charge in [-0.15, -0.1) is 0 Å². The minimum atomic E-state index is -4.32. The molecule has 0 aromatic heterocycles. The van der Waals surface area contributed by atoms with Gasteiger partial charge < -0.3 is 9.79 Å². The van der Waals surface area contributed by atoms with Crippen molar-refractivity contribution in [2.75, 3.05) is 13.1 Å². The minimum absolute atomic E-state index is 0.661. The van der Waals surface area contributed by atoms with Crippen LogP contribution in [0, 0.1) is 0 Å². The molecule has 0 saturated heterocycles. The van der Waals surface area contributed by atoms with Crippen LogP contribution in [0.2, 0.25) is 0 Å². The van der Waals surface area contributed by atoms with Crippen LogP contribution in [0.15, 0.2) is 0 Å². The van der Waals surface area contributed by atoms with Gasteiger partial charge in [0, 0.05) is 0 Å². The summed E-state index contributed by atoms with van der Waals surface area (Å²) in [4.78, 5) is 24.7. The fourth-order valence-electron chi connectivity index (χ4n) is 7.40. The highest BCUT2D eigenvalue weighted by Crippen LogP contribution is 2.58. The summed E-state index contributed by atoms with van der Waals surface area (Å²) in [5, 5.41) is -0.971. The van der Waals surface area contributed by atoms with Crippen LogP contribution in [0.25, 0.3) is 0 Å². The Labute approximate surface area is 290 Å². The molecule has 0 heterocycles. The lowest BCUT2D eigenvalue weighted by Gasteiger charge is -2.45. The second kappa shape index (κ2) is 33.6. The Kier molecular flexibility index (Phi) is 33.7. The van der Waals surface area contributed by atoms with Crippen molar-refractivity contribution in [3.63, 3.8) is 0 Å². The molecule has 0 aromatic carbocycles. The average molecular weight is 672 g/mol. The van der Waals surface area contributed by atoms with Gasteiger partial charge in [-0.25, -0.2) is 0 Å². The van der Waals surface area contributed by atoms with Gasteiger partial charge in [0.05, 0.1) is 0 Å². The van der Waals surface area contributed by atoms with E-state index in [2.05, 4.69) is 32.6 Å². The van der Waals surface area contributed by atoms with Crippen LogP contribution >= 0.6 is 7.60 Å². The highest BCUT2D eigenvalue weighted by Gasteiger charge is 2.49. The molecule has 5 heteroatoms. The maximum absolute atomic E-state index is 13.6. The second-order valence-corrected chi connectivity index (χ2v) is 16.8. The highest BCUT2D eigenvalue weighted by molar-refractivity contribution is 7.53. The number of hydrogen-bond donors (Lipinski definition) is 2. The third-order valence-electron chi connectivity index (χ3n) is 10.6. The third kappa shape index (κ3) is 25.1. The molecule has 2 N–H and O–H groups in total. The summed E-state index contributed by atoms with van der Waals surface area (Å²) in [6.07, 6.45) is 41.2. The first-order chi connectivity index (χ1) is 22.4. The van der Waals surface area contributed by atoms with Gasteiger partial charge in [-0.1, -0.05) is 220 Å². The predicted molar refractivity (Wildman–Crippen MR) is 206 cm³/mol. The summed E-state index contributed by atoms with van der Waals surface area (Å²) in [5.74, 6) is 0. The lowest BCUT2D eigenvalue weighted by Crippen LogP contribution is -2.49. The number of nitrogens with zero attached hydrogens (tertiary/aromatic N) is 1. The molecule has 0 rings (SSSR count). The largest absolute Gasteiger partial charge is 0.345 e. The zero-order valence-corrected chi connectivity index (χ0v) is 33.0. The molecule has 0 atom stereocenters. The molecule has 0 fully saturated rings. The van der Waals surface area contributed by atoms with E-state index in [1.165, 1.54) is 167 Å². The van der Waals surface area contributed by atoms with Crippen LogP contribution in [0.1, 0.15) is 246 Å². The molecular formula is C41H86NO3P. The van der Waals surface area contributed by atoms with Crippen molar-refractivity contribution in [1.29, 1.82) is 0 Å². The Hall–Kier alpha value is 0.110. The van der Waals surface area contributed by atoms with Crippen LogP contribution in [-0.4, -0.2) is 33.1 Å². The van der Waals surface area contributed by atoms with Gasteiger partial charge >= 0.3 is 7.60 Å². The van der Waals surface area contributed by atoms with Crippen LogP contribution in [-0.2, 0) is 4.57 Å². The zero-order chi connectivity index (χ0) is 34.0. The van der Waals surface area contributed by atoms with Crippen molar-refractivity contribution in [2.45, 2.75) is 251 Å². The number of unbranched alkanes of at least 4 members (excludes halogenated alkanes) is 28. The van der Waals surface area contributed by atoms with E-state index >= 15 is 0 Å². The second-order valence-electron chi connectivity index (χ2n) is 14.9. The molecule has 0 aliphatic rings. The topological polar surface area (TPSA) is 60.8 Å². The molecule has 0 saturated carbocycles. The fraction of sp³-hybridized carbons (Fsp3) is 1.00. The van der Waals surface area contributed by atoms with Crippen LogP contribution < -0.4 is 0 Å². The SMILES string of the molecule is CCCCCCCCCCCCN(CCCCCCCCCCCC)C(CCCCCCCC)(CCCCCCCC)P(=O)(O)O. The van der Waals surface area contributed by atoms with Crippen LogP contribution in [0.4, 0.5) is 0 Å². The molecule has 0 aliphatic carbocycles. The monoisotopic (exact) mass is 672 g/mol. The van der Waals surface area contributed by atoms with Gasteiger partial charge in [0.2, 0.25) is 0 Å². The molecule has 0 bridgehead atoms. The molecule has 0 aromatic rings. The normalized spacial score (nSPS) is 12.5. The Morgan fingerprint density at radius 1 is 0.370 bits per heavy atom. The molecule has 46 heavy (non-hydrogen) atoms. The number of hydrogen-bond acceptors (Lipinski definition) is 2. The predicted octanol–water partition coefficient (Wildman–Crippen LogP) is 14.5. The first-order valence-electron chi connectivity index (χ1n) is 21.2. The van der Waals surface area contributed by atoms with Crippen molar-refractivity contribution in [3.8, 4) is 0 Å². The summed E-state index contributed by atoms with van der Waals surface area (Å²) >= 11 is 0. The summed E-state index contributed by atoms with van der Waals surface area (Å²) < 4.78 is 13.6. The molecule has 0 unspecified atom stereocenters. The van der Waals surface area contributed by atoms with E-state index in [0.29, 0.717) is 12.8 Å². The molecule has 0 radical (unpaired) electrons. The molecule has 0 amide bonds. The highest BCUT2D eigenvalue weighted by atomic mass is 31.2. The first kappa shape index (κ1) is 46.1. The zero-order valence-electron chi connectivity index (χ0n) is 32.2. The molecule has 278 valence electrons. The van der Waals surface area contributed by atoms with Crippen molar-refractivity contribution in [3.05, 3.63) is 0 Å². The Balaban J connectivity index is 5.37. The maximum Gasteiger partial charge on any atom is 0.345 e. The molecule has 0 spiro atoms. The quantitative estimate of drug-likeness (QED) is 0.0506. The summed E-state index contributed by atoms with van der Waals surface area (Å²) in [6.45, 7) is 10.8. The Morgan fingerprint density at radius 3 is 0.826 bits per heavy atom. The fourth-order valence-corrected chi connectivity index (χ4v) is 8.87. The van der Waals surface area contributed by atoms with Crippen LogP contribution in [0.3, 0.4) is 0 Å². The van der Waals surface area contributed by atoms with Gasteiger partial charge in [-0.3, -0.25) is 9.46 Å². The smallest absolute Gasteiger partial charge is 0.323 e. The van der Waals surface area contributed by atoms with Crippen molar-refractivity contribution >= 4 is 7.60 Å². The summed E-state index contributed by atoms with van der Waals surface area (Å²) in [6, 6.07) is 0. The van der Waals surface area contributed by atoms with E-state index in [-0.39, 0.29) is 0 Å². The number of rotatable bonds is 38.